The Morgan fingerprint density at radius 1 is 1.28 bits per heavy atom. The zero-order valence-corrected chi connectivity index (χ0v) is 10.1. The first-order chi connectivity index (χ1) is 8.44. The molecule has 1 N–H and O–H groups in total. The van der Waals surface area contributed by atoms with Crippen LogP contribution in [0.1, 0.15) is 31.2 Å². The summed E-state index contributed by atoms with van der Waals surface area (Å²) in [6, 6.07) is 8.87. The highest BCUT2D eigenvalue weighted by Gasteiger charge is 2.29. The van der Waals surface area contributed by atoms with Gasteiger partial charge in [0.25, 0.3) is 0 Å². The largest absolute Gasteiger partial charge is 0.405 e. The molecule has 0 fully saturated rings. The number of amides is 1. The minimum absolute atomic E-state index is 0.515. The summed E-state index contributed by atoms with van der Waals surface area (Å²) in [5, 5.41) is 1.94. The Morgan fingerprint density at radius 3 is 2.39 bits per heavy atom. The minimum atomic E-state index is -4.37. The number of carbonyl (C=O) groups is 1. The lowest BCUT2D eigenvalue weighted by atomic mass is 9.94. The van der Waals surface area contributed by atoms with Crippen LogP contribution in [0.3, 0.4) is 0 Å². The van der Waals surface area contributed by atoms with Crippen molar-refractivity contribution < 1.29 is 18.0 Å². The standard InChI is InChI=1S/C13H16F3NO/c1-2-6-11(10-7-4-3-5-8-10)12(18)17-9-13(14,15)16/h3-5,7-8,11H,2,6,9H2,1H3,(H,17,18). The van der Waals surface area contributed by atoms with Crippen molar-refractivity contribution in [3.63, 3.8) is 0 Å². The van der Waals surface area contributed by atoms with Gasteiger partial charge in [0.2, 0.25) is 5.91 Å². The zero-order chi connectivity index (χ0) is 13.6. The monoisotopic (exact) mass is 259 g/mol. The highest BCUT2D eigenvalue weighted by atomic mass is 19.4. The van der Waals surface area contributed by atoms with Crippen LogP contribution in [0.25, 0.3) is 0 Å². The molecule has 0 aliphatic heterocycles. The second kappa shape index (κ2) is 6.42. The molecule has 1 atom stereocenters. The van der Waals surface area contributed by atoms with Crippen molar-refractivity contribution in [3.8, 4) is 0 Å². The van der Waals surface area contributed by atoms with Gasteiger partial charge >= 0.3 is 6.18 Å². The summed E-state index contributed by atoms with van der Waals surface area (Å²) in [5.41, 5.74) is 0.749. The van der Waals surface area contributed by atoms with E-state index in [0.29, 0.717) is 6.42 Å². The normalized spacial score (nSPS) is 13.1. The van der Waals surface area contributed by atoms with Crippen LogP contribution in [0.5, 0.6) is 0 Å². The molecule has 0 spiro atoms. The van der Waals surface area contributed by atoms with E-state index < -0.39 is 24.5 Å². The Hall–Kier alpha value is -1.52. The molecule has 0 radical (unpaired) electrons. The molecule has 0 saturated heterocycles. The lowest BCUT2D eigenvalue weighted by Crippen LogP contribution is -2.36. The smallest absolute Gasteiger partial charge is 0.346 e. The highest BCUT2D eigenvalue weighted by molar-refractivity contribution is 5.83. The first-order valence-corrected chi connectivity index (χ1v) is 5.83. The van der Waals surface area contributed by atoms with Crippen molar-refractivity contribution in [2.24, 2.45) is 0 Å². The number of hydrogen-bond acceptors (Lipinski definition) is 1. The first-order valence-electron chi connectivity index (χ1n) is 5.83. The first kappa shape index (κ1) is 14.5. The number of hydrogen-bond donors (Lipinski definition) is 1. The number of halogens is 3. The van der Waals surface area contributed by atoms with Crippen LogP contribution in [0.15, 0.2) is 30.3 Å². The minimum Gasteiger partial charge on any atom is -0.346 e. The molecular weight excluding hydrogens is 243 g/mol. The number of nitrogens with one attached hydrogen (secondary N) is 1. The molecule has 1 aromatic carbocycles. The SMILES string of the molecule is CCCC(C(=O)NCC(F)(F)F)c1ccccc1. The van der Waals surface area contributed by atoms with Gasteiger partial charge in [-0.1, -0.05) is 43.7 Å². The van der Waals surface area contributed by atoms with Gasteiger partial charge < -0.3 is 5.32 Å². The molecule has 5 heteroatoms. The Morgan fingerprint density at radius 2 is 1.89 bits per heavy atom. The van der Waals surface area contributed by atoms with Gasteiger partial charge in [-0.05, 0) is 12.0 Å². The summed E-state index contributed by atoms with van der Waals surface area (Å²) in [7, 11) is 0. The molecule has 1 amide bonds. The van der Waals surface area contributed by atoms with Gasteiger partial charge in [-0.3, -0.25) is 4.79 Å². The Bertz CT molecular complexity index is 376. The quantitative estimate of drug-likeness (QED) is 0.864. The topological polar surface area (TPSA) is 29.1 Å². The van der Waals surface area contributed by atoms with Gasteiger partial charge in [-0.2, -0.15) is 13.2 Å². The van der Waals surface area contributed by atoms with Crippen molar-refractivity contribution in [2.75, 3.05) is 6.54 Å². The molecule has 2 nitrogen and oxygen atoms in total. The Kier molecular flexibility index (Phi) is 5.19. The average molecular weight is 259 g/mol. The molecule has 0 aliphatic rings. The van der Waals surface area contributed by atoms with Crippen LogP contribution >= 0.6 is 0 Å². The molecule has 0 saturated carbocycles. The second-order valence-electron chi connectivity index (χ2n) is 4.08. The van der Waals surface area contributed by atoms with E-state index in [4.69, 9.17) is 0 Å². The van der Waals surface area contributed by atoms with Crippen molar-refractivity contribution in [1.82, 2.24) is 5.32 Å². The van der Waals surface area contributed by atoms with E-state index in [-0.39, 0.29) is 0 Å². The predicted molar refractivity (Wildman–Crippen MR) is 63.2 cm³/mol. The molecule has 1 rings (SSSR count). The molecule has 1 unspecified atom stereocenters. The highest BCUT2D eigenvalue weighted by Crippen LogP contribution is 2.22. The Balaban J connectivity index is 2.70. The third kappa shape index (κ3) is 4.77. The second-order valence-corrected chi connectivity index (χ2v) is 4.08. The third-order valence-electron chi connectivity index (χ3n) is 2.56. The van der Waals surface area contributed by atoms with Crippen molar-refractivity contribution >= 4 is 5.91 Å². The summed E-state index contributed by atoms with van der Waals surface area (Å²) in [5.74, 6) is -1.08. The Labute approximate surface area is 104 Å². The summed E-state index contributed by atoms with van der Waals surface area (Å²) in [6.07, 6.45) is -3.10. The van der Waals surface area contributed by atoms with E-state index in [9.17, 15) is 18.0 Å². The van der Waals surface area contributed by atoms with E-state index in [2.05, 4.69) is 0 Å². The van der Waals surface area contributed by atoms with Crippen molar-refractivity contribution in [1.29, 1.82) is 0 Å². The van der Waals surface area contributed by atoms with E-state index in [1.807, 2.05) is 12.2 Å². The van der Waals surface area contributed by atoms with Crippen LogP contribution in [-0.2, 0) is 4.79 Å². The van der Waals surface area contributed by atoms with E-state index >= 15 is 0 Å². The summed E-state index contributed by atoms with van der Waals surface area (Å²) < 4.78 is 36.2. The molecule has 0 aromatic heterocycles. The maximum Gasteiger partial charge on any atom is 0.405 e. The number of carbonyl (C=O) groups excluding carboxylic acids is 1. The van der Waals surface area contributed by atoms with Crippen LogP contribution in [0.2, 0.25) is 0 Å². The van der Waals surface area contributed by atoms with E-state index in [1.54, 1.807) is 30.3 Å². The molecule has 0 aliphatic carbocycles. The third-order valence-corrected chi connectivity index (χ3v) is 2.56. The summed E-state index contributed by atoms with van der Waals surface area (Å²) >= 11 is 0. The van der Waals surface area contributed by atoms with Crippen LogP contribution in [-0.4, -0.2) is 18.6 Å². The van der Waals surface area contributed by atoms with E-state index in [0.717, 1.165) is 12.0 Å². The van der Waals surface area contributed by atoms with Gasteiger partial charge in [-0.15, -0.1) is 0 Å². The molecular formula is C13H16F3NO. The van der Waals surface area contributed by atoms with Gasteiger partial charge in [-0.25, -0.2) is 0 Å². The fraction of sp³-hybridized carbons (Fsp3) is 0.462. The van der Waals surface area contributed by atoms with Crippen molar-refractivity contribution in [2.45, 2.75) is 31.9 Å². The van der Waals surface area contributed by atoms with Crippen molar-refractivity contribution in [3.05, 3.63) is 35.9 Å². The lowest BCUT2D eigenvalue weighted by Gasteiger charge is -2.17. The zero-order valence-electron chi connectivity index (χ0n) is 10.1. The number of rotatable bonds is 5. The summed E-state index contributed by atoms with van der Waals surface area (Å²) in [6.45, 7) is 0.617. The van der Waals surface area contributed by atoms with Gasteiger partial charge in [0, 0.05) is 0 Å². The fourth-order valence-electron chi connectivity index (χ4n) is 1.73. The van der Waals surface area contributed by atoms with Crippen LogP contribution in [0, 0.1) is 0 Å². The maximum absolute atomic E-state index is 12.1. The van der Waals surface area contributed by atoms with Crippen LogP contribution in [0.4, 0.5) is 13.2 Å². The number of alkyl halides is 3. The average Bonchev–Trinajstić information content (AvgIpc) is 2.33. The number of benzene rings is 1. The fourth-order valence-corrected chi connectivity index (χ4v) is 1.73. The molecule has 0 bridgehead atoms. The molecule has 1 aromatic rings. The lowest BCUT2D eigenvalue weighted by molar-refractivity contribution is -0.139. The molecule has 100 valence electrons. The predicted octanol–water partition coefficient (Wildman–Crippen LogP) is 3.25. The van der Waals surface area contributed by atoms with Gasteiger partial charge in [0.1, 0.15) is 6.54 Å². The summed E-state index contributed by atoms with van der Waals surface area (Å²) in [4.78, 5) is 11.8. The maximum atomic E-state index is 12.1. The molecule has 18 heavy (non-hydrogen) atoms. The van der Waals surface area contributed by atoms with E-state index in [1.165, 1.54) is 0 Å². The van der Waals surface area contributed by atoms with Gasteiger partial charge in [0.05, 0.1) is 5.92 Å². The van der Waals surface area contributed by atoms with Gasteiger partial charge in [0.15, 0.2) is 0 Å². The van der Waals surface area contributed by atoms with Crippen LogP contribution < -0.4 is 5.32 Å². The molecule has 0 heterocycles.